The number of aromatic carboxylic acids is 1. The number of hydrogen-bond donors (Lipinski definition) is 2. The van der Waals surface area contributed by atoms with Crippen LogP contribution < -0.4 is 5.43 Å². The monoisotopic (exact) mass is 239 g/mol. The van der Waals surface area contributed by atoms with Crippen molar-refractivity contribution in [3.05, 3.63) is 58.3 Å². The fraction of sp³-hybridized carbons (Fsp3) is 0. The van der Waals surface area contributed by atoms with Crippen LogP contribution in [0.15, 0.2) is 47.3 Å². The molecule has 0 aliphatic heterocycles. The van der Waals surface area contributed by atoms with Crippen molar-refractivity contribution in [2.75, 3.05) is 0 Å². The molecule has 0 spiro atoms. The zero-order valence-corrected chi connectivity index (χ0v) is 9.31. The van der Waals surface area contributed by atoms with Gasteiger partial charge in [0.2, 0.25) is 0 Å². The molecule has 3 rings (SSSR count). The zero-order valence-electron chi connectivity index (χ0n) is 9.31. The summed E-state index contributed by atoms with van der Waals surface area (Å²) in [5, 5.41) is 10.1. The van der Waals surface area contributed by atoms with E-state index in [1.54, 1.807) is 36.4 Å². The van der Waals surface area contributed by atoms with Crippen LogP contribution in [-0.4, -0.2) is 16.1 Å². The topological polar surface area (TPSA) is 70.2 Å². The number of para-hydroxylation sites is 2. The van der Waals surface area contributed by atoms with Gasteiger partial charge in [-0.2, -0.15) is 0 Å². The number of hydrogen-bond acceptors (Lipinski definition) is 2. The number of carboxylic acids is 1. The first kappa shape index (κ1) is 10.5. The summed E-state index contributed by atoms with van der Waals surface area (Å²) in [5.41, 5.74) is 0.968. The SMILES string of the molecule is O=C(O)c1cccc2c(=O)c3ccccc3[nH]c12. The van der Waals surface area contributed by atoms with Crippen molar-refractivity contribution in [1.82, 2.24) is 4.98 Å². The molecule has 0 atom stereocenters. The predicted octanol–water partition coefficient (Wildman–Crippen LogP) is 2.38. The van der Waals surface area contributed by atoms with Crippen molar-refractivity contribution in [3.63, 3.8) is 0 Å². The second-order valence-corrected chi connectivity index (χ2v) is 4.03. The molecule has 0 unspecified atom stereocenters. The van der Waals surface area contributed by atoms with Crippen LogP contribution in [-0.2, 0) is 0 Å². The first-order valence-corrected chi connectivity index (χ1v) is 5.45. The summed E-state index contributed by atoms with van der Waals surface area (Å²) in [7, 11) is 0. The number of fused-ring (bicyclic) bond motifs is 2. The lowest BCUT2D eigenvalue weighted by molar-refractivity contribution is 0.0699. The first-order valence-electron chi connectivity index (χ1n) is 5.45. The van der Waals surface area contributed by atoms with Gasteiger partial charge >= 0.3 is 5.97 Å². The number of H-pyrrole nitrogens is 1. The average molecular weight is 239 g/mol. The molecule has 3 aromatic rings. The van der Waals surface area contributed by atoms with Gasteiger partial charge in [-0.05, 0) is 24.3 Å². The quantitative estimate of drug-likeness (QED) is 0.640. The van der Waals surface area contributed by atoms with Crippen LogP contribution in [0.2, 0.25) is 0 Å². The highest BCUT2D eigenvalue weighted by Crippen LogP contribution is 2.17. The third-order valence-electron chi connectivity index (χ3n) is 2.97. The highest BCUT2D eigenvalue weighted by atomic mass is 16.4. The minimum Gasteiger partial charge on any atom is -0.478 e. The first-order chi connectivity index (χ1) is 8.68. The minimum atomic E-state index is -1.05. The Balaban J connectivity index is 2.60. The standard InChI is InChI=1S/C14H9NO3/c16-13-8-4-1-2-7-11(8)15-12-9(13)5-3-6-10(12)14(17)18/h1-7H,(H,15,16)(H,17,18). The van der Waals surface area contributed by atoms with Crippen molar-refractivity contribution in [2.24, 2.45) is 0 Å². The molecule has 88 valence electrons. The van der Waals surface area contributed by atoms with E-state index < -0.39 is 5.97 Å². The summed E-state index contributed by atoms with van der Waals surface area (Å²) in [5.74, 6) is -1.05. The summed E-state index contributed by atoms with van der Waals surface area (Å²) < 4.78 is 0. The fourth-order valence-corrected chi connectivity index (χ4v) is 2.12. The lowest BCUT2D eigenvalue weighted by Crippen LogP contribution is -2.07. The Hall–Kier alpha value is -2.62. The molecule has 18 heavy (non-hydrogen) atoms. The normalized spacial score (nSPS) is 10.9. The minimum absolute atomic E-state index is 0.107. The van der Waals surface area contributed by atoms with Gasteiger partial charge in [-0.3, -0.25) is 4.79 Å². The van der Waals surface area contributed by atoms with E-state index in [2.05, 4.69) is 4.98 Å². The Labute approximate surface area is 101 Å². The molecule has 0 saturated carbocycles. The predicted molar refractivity (Wildman–Crippen MR) is 69.0 cm³/mol. The van der Waals surface area contributed by atoms with E-state index in [1.165, 1.54) is 6.07 Å². The van der Waals surface area contributed by atoms with E-state index in [4.69, 9.17) is 5.11 Å². The van der Waals surface area contributed by atoms with Crippen LogP contribution in [0.25, 0.3) is 21.8 Å². The third-order valence-corrected chi connectivity index (χ3v) is 2.97. The lowest BCUT2D eigenvalue weighted by Gasteiger charge is -2.04. The molecular formula is C14H9NO3. The second-order valence-electron chi connectivity index (χ2n) is 4.03. The number of carbonyl (C=O) groups is 1. The maximum Gasteiger partial charge on any atom is 0.337 e. The van der Waals surface area contributed by atoms with Crippen molar-refractivity contribution in [1.29, 1.82) is 0 Å². The maximum absolute atomic E-state index is 12.2. The van der Waals surface area contributed by atoms with Gasteiger partial charge in [-0.1, -0.05) is 18.2 Å². The van der Waals surface area contributed by atoms with Crippen molar-refractivity contribution < 1.29 is 9.90 Å². The van der Waals surface area contributed by atoms with E-state index in [-0.39, 0.29) is 11.0 Å². The summed E-state index contributed by atoms with van der Waals surface area (Å²) in [4.78, 5) is 26.4. The Bertz CT molecular complexity index is 833. The second kappa shape index (κ2) is 3.70. The smallest absolute Gasteiger partial charge is 0.337 e. The molecule has 0 aliphatic carbocycles. The van der Waals surface area contributed by atoms with E-state index in [0.717, 1.165) is 0 Å². The van der Waals surface area contributed by atoms with Gasteiger partial charge in [0.05, 0.1) is 11.1 Å². The number of aromatic nitrogens is 1. The molecule has 4 nitrogen and oxygen atoms in total. The molecule has 2 N–H and O–H groups in total. The van der Waals surface area contributed by atoms with Crippen LogP contribution in [0.4, 0.5) is 0 Å². The van der Waals surface area contributed by atoms with Crippen LogP contribution in [0.5, 0.6) is 0 Å². The fourth-order valence-electron chi connectivity index (χ4n) is 2.12. The molecule has 2 aromatic carbocycles. The van der Waals surface area contributed by atoms with Gasteiger partial charge in [-0.25, -0.2) is 4.79 Å². The molecular weight excluding hydrogens is 230 g/mol. The highest BCUT2D eigenvalue weighted by molar-refractivity contribution is 6.04. The van der Waals surface area contributed by atoms with Gasteiger partial charge in [0, 0.05) is 16.3 Å². The molecule has 0 fully saturated rings. The number of benzene rings is 2. The number of aromatic amines is 1. The zero-order chi connectivity index (χ0) is 12.7. The molecule has 0 radical (unpaired) electrons. The number of pyridine rings is 1. The van der Waals surface area contributed by atoms with E-state index >= 15 is 0 Å². The largest absolute Gasteiger partial charge is 0.478 e. The van der Waals surface area contributed by atoms with Crippen molar-refractivity contribution in [2.45, 2.75) is 0 Å². The van der Waals surface area contributed by atoms with Crippen LogP contribution >= 0.6 is 0 Å². The highest BCUT2D eigenvalue weighted by Gasteiger charge is 2.12. The van der Waals surface area contributed by atoms with Gasteiger partial charge in [0.25, 0.3) is 0 Å². The van der Waals surface area contributed by atoms with E-state index in [0.29, 0.717) is 21.8 Å². The molecule has 1 heterocycles. The number of rotatable bonds is 1. The summed E-state index contributed by atoms with van der Waals surface area (Å²) >= 11 is 0. The Morgan fingerprint density at radius 2 is 1.72 bits per heavy atom. The number of carboxylic acid groups (broad SMARTS) is 1. The Morgan fingerprint density at radius 1 is 1.00 bits per heavy atom. The van der Waals surface area contributed by atoms with Crippen LogP contribution in [0.1, 0.15) is 10.4 Å². The van der Waals surface area contributed by atoms with E-state index in [9.17, 15) is 9.59 Å². The third kappa shape index (κ3) is 1.39. The van der Waals surface area contributed by atoms with Crippen LogP contribution in [0, 0.1) is 0 Å². The van der Waals surface area contributed by atoms with E-state index in [1.807, 2.05) is 0 Å². The molecule has 0 bridgehead atoms. The molecule has 0 amide bonds. The molecule has 0 saturated heterocycles. The van der Waals surface area contributed by atoms with Gasteiger partial charge < -0.3 is 10.1 Å². The summed E-state index contributed by atoms with van der Waals surface area (Å²) in [6.45, 7) is 0. The number of nitrogens with one attached hydrogen (secondary N) is 1. The van der Waals surface area contributed by atoms with Crippen molar-refractivity contribution >= 4 is 27.8 Å². The Kier molecular flexibility index (Phi) is 2.16. The average Bonchev–Trinajstić information content (AvgIpc) is 2.38. The lowest BCUT2D eigenvalue weighted by atomic mass is 10.1. The summed E-state index contributed by atoms with van der Waals surface area (Å²) in [6.07, 6.45) is 0. The molecule has 1 aromatic heterocycles. The van der Waals surface area contributed by atoms with Crippen LogP contribution in [0.3, 0.4) is 0 Å². The van der Waals surface area contributed by atoms with Gasteiger partial charge in [0.15, 0.2) is 5.43 Å². The maximum atomic E-state index is 12.2. The Morgan fingerprint density at radius 3 is 2.50 bits per heavy atom. The summed E-state index contributed by atoms with van der Waals surface area (Å²) in [6, 6.07) is 11.8. The van der Waals surface area contributed by atoms with Gasteiger partial charge in [-0.15, -0.1) is 0 Å². The molecule has 0 aliphatic rings. The van der Waals surface area contributed by atoms with Crippen molar-refractivity contribution in [3.8, 4) is 0 Å². The van der Waals surface area contributed by atoms with Gasteiger partial charge in [0.1, 0.15) is 0 Å². The molecule has 4 heteroatoms.